The Bertz CT molecular complexity index is 604. The molecule has 4 nitrogen and oxygen atoms in total. The number of rotatable bonds is 11. The first kappa shape index (κ1) is 20.2. The van der Waals surface area contributed by atoms with Crippen LogP contribution in [-0.2, 0) is 27.5 Å². The van der Waals surface area contributed by atoms with Gasteiger partial charge in [0.2, 0.25) is 0 Å². The zero-order valence-electron chi connectivity index (χ0n) is 14.9. The molecular weight excluding hydrogens is 335 g/mol. The van der Waals surface area contributed by atoms with Crippen molar-refractivity contribution >= 4 is 5.78 Å². The molecule has 2 rings (SSSR count). The molecule has 5 heteroatoms. The van der Waals surface area contributed by atoms with Crippen LogP contribution in [0.15, 0.2) is 60.7 Å². The van der Waals surface area contributed by atoms with Crippen molar-refractivity contribution in [3.8, 4) is 0 Å². The minimum atomic E-state index is -1.63. The SMILES string of the molecule is CC(=O)CC(F)C(O)CC(OCc1ccccc1)OCc1ccccc1. The molecule has 0 heterocycles. The fraction of sp³-hybridized carbons (Fsp3) is 0.381. The summed E-state index contributed by atoms with van der Waals surface area (Å²) >= 11 is 0. The van der Waals surface area contributed by atoms with Crippen LogP contribution in [0.3, 0.4) is 0 Å². The first-order valence-corrected chi connectivity index (χ1v) is 8.67. The minimum Gasteiger partial charge on any atom is -0.390 e. The number of carbonyl (C=O) groups is 1. The first-order valence-electron chi connectivity index (χ1n) is 8.67. The molecule has 0 spiro atoms. The number of aliphatic hydroxyl groups excluding tert-OH is 1. The molecule has 0 saturated heterocycles. The number of Topliss-reactive ketones (excluding diaryl/α,β-unsaturated/α-hetero) is 1. The molecule has 2 aromatic rings. The summed E-state index contributed by atoms with van der Waals surface area (Å²) in [7, 11) is 0. The van der Waals surface area contributed by atoms with Gasteiger partial charge < -0.3 is 14.6 Å². The van der Waals surface area contributed by atoms with Crippen LogP contribution in [0.5, 0.6) is 0 Å². The molecule has 0 bridgehead atoms. The number of ketones is 1. The van der Waals surface area contributed by atoms with E-state index < -0.39 is 18.6 Å². The van der Waals surface area contributed by atoms with Gasteiger partial charge in [-0.05, 0) is 18.1 Å². The summed E-state index contributed by atoms with van der Waals surface area (Å²) in [6.07, 6.45) is -4.10. The highest BCUT2D eigenvalue weighted by Gasteiger charge is 2.25. The highest BCUT2D eigenvalue weighted by molar-refractivity contribution is 5.76. The van der Waals surface area contributed by atoms with Crippen LogP contribution >= 0.6 is 0 Å². The summed E-state index contributed by atoms with van der Waals surface area (Å²) in [6.45, 7) is 1.88. The highest BCUT2D eigenvalue weighted by Crippen LogP contribution is 2.17. The van der Waals surface area contributed by atoms with E-state index in [1.807, 2.05) is 60.7 Å². The van der Waals surface area contributed by atoms with Crippen molar-refractivity contribution in [1.29, 1.82) is 0 Å². The molecule has 0 aromatic heterocycles. The molecule has 0 radical (unpaired) electrons. The molecule has 140 valence electrons. The number of ether oxygens (including phenoxy) is 2. The van der Waals surface area contributed by atoms with Crippen molar-refractivity contribution < 1.29 is 23.8 Å². The molecule has 0 amide bonds. The van der Waals surface area contributed by atoms with E-state index in [2.05, 4.69) is 0 Å². The van der Waals surface area contributed by atoms with Gasteiger partial charge in [-0.15, -0.1) is 0 Å². The lowest BCUT2D eigenvalue weighted by Gasteiger charge is -2.23. The lowest BCUT2D eigenvalue weighted by Crippen LogP contribution is -2.31. The van der Waals surface area contributed by atoms with Crippen LogP contribution in [0.2, 0.25) is 0 Å². The standard InChI is InChI=1S/C21H25FO4/c1-16(23)12-19(22)20(24)13-21(25-14-17-8-4-2-5-9-17)26-15-18-10-6-3-7-11-18/h2-11,19-21,24H,12-15H2,1H3. The van der Waals surface area contributed by atoms with Crippen molar-refractivity contribution in [2.75, 3.05) is 0 Å². The van der Waals surface area contributed by atoms with Gasteiger partial charge in [-0.2, -0.15) is 0 Å². The number of hydrogen-bond acceptors (Lipinski definition) is 4. The van der Waals surface area contributed by atoms with Gasteiger partial charge in [-0.1, -0.05) is 60.7 Å². The average Bonchev–Trinajstić information content (AvgIpc) is 2.65. The number of benzene rings is 2. The summed E-state index contributed by atoms with van der Waals surface area (Å²) in [6, 6.07) is 19.1. The number of alkyl halides is 1. The molecule has 0 aliphatic heterocycles. The molecule has 2 atom stereocenters. The maximum Gasteiger partial charge on any atom is 0.161 e. The molecule has 2 unspecified atom stereocenters. The molecule has 1 N–H and O–H groups in total. The molecule has 2 aromatic carbocycles. The quantitative estimate of drug-likeness (QED) is 0.619. The normalized spacial score (nSPS) is 13.5. The Morgan fingerprint density at radius 3 is 1.85 bits per heavy atom. The summed E-state index contributed by atoms with van der Waals surface area (Å²) in [5, 5.41) is 10.0. The summed E-state index contributed by atoms with van der Waals surface area (Å²) < 4.78 is 25.4. The Hall–Kier alpha value is -2.08. The summed E-state index contributed by atoms with van der Waals surface area (Å²) in [5.41, 5.74) is 1.91. The second-order valence-electron chi connectivity index (χ2n) is 6.25. The number of halogens is 1. The Balaban J connectivity index is 1.94. The molecule has 0 saturated carbocycles. The number of aliphatic hydroxyl groups is 1. The second kappa shape index (κ2) is 10.8. The van der Waals surface area contributed by atoms with Crippen LogP contribution in [-0.4, -0.2) is 29.5 Å². The smallest absolute Gasteiger partial charge is 0.161 e. The van der Waals surface area contributed by atoms with E-state index >= 15 is 0 Å². The molecule has 0 fully saturated rings. The van der Waals surface area contributed by atoms with Gasteiger partial charge in [0.15, 0.2) is 6.29 Å². The fourth-order valence-corrected chi connectivity index (χ4v) is 2.47. The lowest BCUT2D eigenvalue weighted by molar-refractivity contribution is -0.176. The lowest BCUT2D eigenvalue weighted by atomic mass is 10.1. The third kappa shape index (κ3) is 7.44. The topological polar surface area (TPSA) is 55.8 Å². The van der Waals surface area contributed by atoms with Crippen LogP contribution in [0.1, 0.15) is 30.9 Å². The van der Waals surface area contributed by atoms with Crippen molar-refractivity contribution in [2.24, 2.45) is 0 Å². The van der Waals surface area contributed by atoms with Crippen molar-refractivity contribution in [3.63, 3.8) is 0 Å². The van der Waals surface area contributed by atoms with Gasteiger partial charge in [0, 0.05) is 12.8 Å². The van der Waals surface area contributed by atoms with E-state index in [1.54, 1.807) is 0 Å². The van der Waals surface area contributed by atoms with Crippen molar-refractivity contribution in [2.45, 2.75) is 51.5 Å². The van der Waals surface area contributed by atoms with E-state index in [1.165, 1.54) is 6.92 Å². The van der Waals surface area contributed by atoms with Gasteiger partial charge in [-0.25, -0.2) is 4.39 Å². The zero-order valence-corrected chi connectivity index (χ0v) is 14.9. The van der Waals surface area contributed by atoms with E-state index in [-0.39, 0.29) is 31.8 Å². The van der Waals surface area contributed by atoms with Gasteiger partial charge in [0.05, 0.1) is 19.3 Å². The molecule has 0 aliphatic rings. The van der Waals surface area contributed by atoms with Crippen LogP contribution < -0.4 is 0 Å². The third-order valence-electron chi connectivity index (χ3n) is 3.89. The zero-order chi connectivity index (χ0) is 18.8. The molecule has 26 heavy (non-hydrogen) atoms. The van der Waals surface area contributed by atoms with Crippen LogP contribution in [0.25, 0.3) is 0 Å². The number of hydrogen-bond donors (Lipinski definition) is 1. The van der Waals surface area contributed by atoms with Crippen molar-refractivity contribution in [1.82, 2.24) is 0 Å². The Kier molecular flexibility index (Phi) is 8.41. The predicted octanol–water partition coefficient (Wildman–Crippen LogP) is 3.81. The van der Waals surface area contributed by atoms with E-state index in [0.717, 1.165) is 11.1 Å². The van der Waals surface area contributed by atoms with E-state index in [9.17, 15) is 14.3 Å². The monoisotopic (exact) mass is 360 g/mol. The van der Waals surface area contributed by atoms with Gasteiger partial charge in [0.25, 0.3) is 0 Å². The maximum atomic E-state index is 14.0. The summed E-state index contributed by atoms with van der Waals surface area (Å²) in [5.74, 6) is -0.302. The first-order chi connectivity index (χ1) is 12.5. The highest BCUT2D eigenvalue weighted by atomic mass is 19.1. The Morgan fingerprint density at radius 1 is 0.962 bits per heavy atom. The number of carbonyl (C=O) groups excluding carboxylic acids is 1. The minimum absolute atomic E-state index is 0.0475. The van der Waals surface area contributed by atoms with Crippen LogP contribution in [0, 0.1) is 0 Å². The fourth-order valence-electron chi connectivity index (χ4n) is 2.47. The third-order valence-corrected chi connectivity index (χ3v) is 3.89. The van der Waals surface area contributed by atoms with Gasteiger partial charge in [0.1, 0.15) is 12.0 Å². The predicted molar refractivity (Wildman–Crippen MR) is 97.1 cm³/mol. The average molecular weight is 360 g/mol. The van der Waals surface area contributed by atoms with E-state index in [0.29, 0.717) is 0 Å². The van der Waals surface area contributed by atoms with Crippen molar-refractivity contribution in [3.05, 3.63) is 71.8 Å². The van der Waals surface area contributed by atoms with Crippen LogP contribution in [0.4, 0.5) is 4.39 Å². The molecular formula is C21H25FO4. The van der Waals surface area contributed by atoms with Gasteiger partial charge in [-0.3, -0.25) is 4.79 Å². The largest absolute Gasteiger partial charge is 0.390 e. The maximum absolute atomic E-state index is 14.0. The second-order valence-corrected chi connectivity index (χ2v) is 6.25. The van der Waals surface area contributed by atoms with E-state index in [4.69, 9.17) is 9.47 Å². The van der Waals surface area contributed by atoms with Gasteiger partial charge >= 0.3 is 0 Å². The summed E-state index contributed by atoms with van der Waals surface area (Å²) in [4.78, 5) is 11.1. The Labute approximate surface area is 153 Å². The molecule has 0 aliphatic carbocycles. The Morgan fingerprint density at radius 2 is 1.42 bits per heavy atom.